The summed E-state index contributed by atoms with van der Waals surface area (Å²) in [6.07, 6.45) is 9.68. The molecule has 0 bridgehead atoms. The molecule has 0 aromatic heterocycles. The molecule has 1 N–H and O–H groups in total. The zero-order chi connectivity index (χ0) is 25.3. The Kier molecular flexibility index (Phi) is 9.60. The van der Waals surface area contributed by atoms with Gasteiger partial charge in [-0.15, -0.1) is 0 Å². The van der Waals surface area contributed by atoms with Gasteiger partial charge in [-0.1, -0.05) is 87.6 Å². The van der Waals surface area contributed by atoms with Gasteiger partial charge < -0.3 is 10.1 Å². The van der Waals surface area contributed by atoms with Crippen LogP contribution in [0.5, 0.6) is 0 Å². The van der Waals surface area contributed by atoms with Crippen LogP contribution in [-0.2, 0) is 48.9 Å². The number of amides is 1. The predicted octanol–water partition coefficient (Wildman–Crippen LogP) is 6.87. The number of hydrogen-bond donors (Lipinski definition) is 1. The van der Waals surface area contributed by atoms with Crippen molar-refractivity contribution in [2.75, 3.05) is 13.2 Å². The number of aryl methyl sites for hydroxylation is 2. The lowest BCUT2D eigenvalue weighted by Crippen LogP contribution is -2.48. The van der Waals surface area contributed by atoms with E-state index < -0.39 is 19.5 Å². The van der Waals surface area contributed by atoms with Crippen LogP contribution >= 0.6 is 7.82 Å². The van der Waals surface area contributed by atoms with Crippen LogP contribution < -0.4 is 5.32 Å². The van der Waals surface area contributed by atoms with E-state index in [-0.39, 0.29) is 26.4 Å². The normalized spacial score (nSPS) is 20.9. The molecule has 0 unspecified atom stereocenters. The van der Waals surface area contributed by atoms with Crippen molar-refractivity contribution < 1.29 is 27.7 Å². The molecule has 2 aliphatic heterocycles. The van der Waals surface area contributed by atoms with Crippen LogP contribution in [0, 0.1) is 0 Å². The van der Waals surface area contributed by atoms with Crippen molar-refractivity contribution in [2.45, 2.75) is 83.5 Å². The Morgan fingerprint density at radius 1 is 0.889 bits per heavy atom. The largest absolute Gasteiger partial charge is 0.475 e. The number of fused-ring (bicyclic) bond motifs is 1. The number of phosphoric acid groups is 1. The van der Waals surface area contributed by atoms with Gasteiger partial charge in [-0.05, 0) is 47.9 Å². The molecular weight excluding hydrogens is 477 g/mol. The summed E-state index contributed by atoms with van der Waals surface area (Å²) in [5.41, 5.74) is 3.58. The highest BCUT2D eigenvalue weighted by atomic mass is 31.2. The highest BCUT2D eigenvalue weighted by Crippen LogP contribution is 2.53. The van der Waals surface area contributed by atoms with Crippen LogP contribution in [0.15, 0.2) is 48.5 Å². The van der Waals surface area contributed by atoms with E-state index in [0.29, 0.717) is 6.42 Å². The second kappa shape index (κ2) is 12.9. The molecule has 1 amide bonds. The van der Waals surface area contributed by atoms with Crippen LogP contribution in [0.25, 0.3) is 0 Å². The molecule has 0 aliphatic carbocycles. The minimum Gasteiger partial charge on any atom is -0.447 e. The minimum absolute atomic E-state index is 0.0253. The van der Waals surface area contributed by atoms with Gasteiger partial charge in [0.2, 0.25) is 0 Å². The van der Waals surface area contributed by atoms with Crippen molar-refractivity contribution in [2.24, 2.45) is 0 Å². The van der Waals surface area contributed by atoms with Gasteiger partial charge in [0.25, 0.3) is 0 Å². The van der Waals surface area contributed by atoms with Crippen LogP contribution in [0.1, 0.15) is 74.1 Å². The summed E-state index contributed by atoms with van der Waals surface area (Å²) in [6, 6.07) is 16.3. The molecule has 1 fully saturated rings. The summed E-state index contributed by atoms with van der Waals surface area (Å²) in [5.74, 6) is 0. The van der Waals surface area contributed by atoms with Crippen LogP contribution in [0.4, 0.5) is 4.79 Å². The van der Waals surface area contributed by atoms with Crippen molar-refractivity contribution >= 4 is 13.9 Å². The molecular formula is C28H38NO6P. The molecule has 4 rings (SSSR count). The number of hydrogen-bond acceptors (Lipinski definition) is 6. The van der Waals surface area contributed by atoms with Gasteiger partial charge in [-0.25, -0.2) is 9.36 Å². The van der Waals surface area contributed by atoms with E-state index in [1.54, 1.807) is 0 Å². The first-order valence-corrected chi connectivity index (χ1v) is 14.6. The van der Waals surface area contributed by atoms with E-state index in [4.69, 9.17) is 18.3 Å². The average molecular weight is 516 g/mol. The highest BCUT2D eigenvalue weighted by Gasteiger charge is 2.43. The molecule has 2 aromatic rings. The summed E-state index contributed by atoms with van der Waals surface area (Å²) >= 11 is 0. The highest BCUT2D eigenvalue weighted by molar-refractivity contribution is 7.48. The number of alkyl carbamates (subject to hydrolysis) is 1. The first-order chi connectivity index (χ1) is 17.5. The quantitative estimate of drug-likeness (QED) is 0.231. The zero-order valence-corrected chi connectivity index (χ0v) is 22.1. The molecule has 196 valence electrons. The Labute approximate surface area is 214 Å². The Morgan fingerprint density at radius 2 is 1.50 bits per heavy atom. The number of carbonyl (C=O) groups excluding carboxylic acids is 1. The predicted molar refractivity (Wildman–Crippen MR) is 139 cm³/mol. The lowest BCUT2D eigenvalue weighted by molar-refractivity contribution is 0.0801. The standard InChI is InChI=1S/C28H38NO6P/c1-2-3-4-5-6-7-10-23-13-15-24(16-14-23)17-18-28(21-32-27(30)29-28)22-35-36(31)33-19-25-11-8-9-12-26(25)20-34-36/h8-9,11-16H,2-7,10,17-22H2,1H3,(H,29,30)/t28-/m1/s1. The third kappa shape index (κ3) is 7.66. The summed E-state index contributed by atoms with van der Waals surface area (Å²) in [5, 5.41) is 2.87. The number of carbonyl (C=O) groups is 1. The molecule has 1 saturated heterocycles. The van der Waals surface area contributed by atoms with Gasteiger partial charge in [0, 0.05) is 0 Å². The topological polar surface area (TPSA) is 83.1 Å². The molecule has 8 heteroatoms. The number of ether oxygens (including phenoxy) is 1. The monoisotopic (exact) mass is 515 g/mol. The average Bonchev–Trinajstić information content (AvgIpc) is 3.19. The third-order valence-corrected chi connectivity index (χ3v) is 8.29. The molecule has 0 radical (unpaired) electrons. The lowest BCUT2D eigenvalue weighted by atomic mass is 9.93. The van der Waals surface area contributed by atoms with Crippen molar-refractivity contribution in [3.8, 4) is 0 Å². The summed E-state index contributed by atoms with van der Waals surface area (Å²) in [7, 11) is -3.78. The third-order valence-electron chi connectivity index (χ3n) is 6.95. The molecule has 0 spiro atoms. The van der Waals surface area contributed by atoms with Crippen LogP contribution in [0.3, 0.4) is 0 Å². The van der Waals surface area contributed by atoms with Gasteiger partial charge in [0.15, 0.2) is 0 Å². The molecule has 2 aliphatic rings. The molecule has 2 heterocycles. The number of nitrogens with one attached hydrogen (secondary N) is 1. The van der Waals surface area contributed by atoms with Gasteiger partial charge in [-0.3, -0.25) is 13.6 Å². The summed E-state index contributed by atoms with van der Waals surface area (Å²) in [4.78, 5) is 11.9. The SMILES string of the molecule is CCCCCCCCc1ccc(CC[C@]2(COP3(=O)OCc4ccccc4CO3)COC(=O)N2)cc1. The smallest absolute Gasteiger partial charge is 0.447 e. The Morgan fingerprint density at radius 3 is 2.11 bits per heavy atom. The van der Waals surface area contributed by atoms with Crippen molar-refractivity contribution in [3.63, 3.8) is 0 Å². The van der Waals surface area contributed by atoms with Crippen LogP contribution in [0.2, 0.25) is 0 Å². The Bertz CT molecular complexity index is 1010. The van der Waals surface area contributed by atoms with Gasteiger partial charge in [-0.2, -0.15) is 0 Å². The number of phosphoric ester groups is 1. The summed E-state index contributed by atoms with van der Waals surface area (Å²) < 4.78 is 35.2. The molecule has 1 atom stereocenters. The Hall–Kier alpha value is -2.18. The molecule has 36 heavy (non-hydrogen) atoms. The van der Waals surface area contributed by atoms with Crippen LogP contribution in [-0.4, -0.2) is 24.8 Å². The van der Waals surface area contributed by atoms with E-state index >= 15 is 0 Å². The second-order valence-corrected chi connectivity index (χ2v) is 11.5. The molecule has 0 saturated carbocycles. The fourth-order valence-electron chi connectivity index (χ4n) is 4.59. The Balaban J connectivity index is 1.28. The van der Waals surface area contributed by atoms with Gasteiger partial charge >= 0.3 is 13.9 Å². The maximum Gasteiger partial charge on any atom is 0.475 e. The number of benzene rings is 2. The summed E-state index contributed by atoms with van der Waals surface area (Å²) in [6.45, 7) is 2.65. The fourth-order valence-corrected chi connectivity index (χ4v) is 5.82. The molecule has 2 aromatic carbocycles. The second-order valence-electron chi connectivity index (χ2n) is 9.85. The van der Waals surface area contributed by atoms with E-state index in [0.717, 1.165) is 24.0 Å². The number of cyclic esters (lactones) is 1. The minimum atomic E-state index is -3.78. The number of unbranched alkanes of at least 4 members (excludes halogenated alkanes) is 5. The zero-order valence-electron chi connectivity index (χ0n) is 21.2. The van der Waals surface area contributed by atoms with Crippen molar-refractivity contribution in [1.82, 2.24) is 5.32 Å². The van der Waals surface area contributed by atoms with E-state index in [9.17, 15) is 9.36 Å². The number of rotatable bonds is 13. The lowest BCUT2D eigenvalue weighted by Gasteiger charge is -2.28. The van der Waals surface area contributed by atoms with E-state index in [1.807, 2.05) is 24.3 Å². The van der Waals surface area contributed by atoms with Crippen molar-refractivity contribution in [1.29, 1.82) is 0 Å². The maximum absolute atomic E-state index is 13.2. The van der Waals surface area contributed by atoms with E-state index in [2.05, 4.69) is 36.5 Å². The van der Waals surface area contributed by atoms with Gasteiger partial charge in [0.05, 0.1) is 19.8 Å². The first kappa shape index (κ1) is 26.9. The first-order valence-electron chi connectivity index (χ1n) is 13.1. The molecule has 7 nitrogen and oxygen atoms in total. The fraction of sp³-hybridized carbons (Fsp3) is 0.536. The van der Waals surface area contributed by atoms with E-state index in [1.165, 1.54) is 49.7 Å². The van der Waals surface area contributed by atoms with Gasteiger partial charge in [0.1, 0.15) is 12.1 Å². The maximum atomic E-state index is 13.2. The van der Waals surface area contributed by atoms with Crippen molar-refractivity contribution in [3.05, 3.63) is 70.8 Å².